The van der Waals surface area contributed by atoms with Gasteiger partial charge in [-0.05, 0) is 49.5 Å². The molecule has 0 aromatic heterocycles. The van der Waals surface area contributed by atoms with Gasteiger partial charge in [-0.2, -0.15) is 0 Å². The van der Waals surface area contributed by atoms with Gasteiger partial charge in [-0.15, -0.1) is 0 Å². The quantitative estimate of drug-likeness (QED) is 0.249. The summed E-state index contributed by atoms with van der Waals surface area (Å²) in [7, 11) is 0. The van der Waals surface area contributed by atoms with Crippen molar-refractivity contribution in [3.05, 3.63) is 56.3 Å². The third kappa shape index (κ3) is 7.02. The Morgan fingerprint density at radius 2 is 1.72 bits per heavy atom. The zero-order valence-corrected chi connectivity index (χ0v) is 23.0. The highest BCUT2D eigenvalue weighted by Crippen LogP contribution is 2.37. The van der Waals surface area contributed by atoms with Crippen LogP contribution in [0.5, 0.6) is 0 Å². The molecular weight excluding hydrogens is 494 g/mol. The predicted octanol–water partition coefficient (Wildman–Crippen LogP) is 5.72. The highest BCUT2D eigenvalue weighted by Gasteiger charge is 2.35. The van der Waals surface area contributed by atoms with E-state index in [0.29, 0.717) is 24.7 Å². The second-order valence-corrected chi connectivity index (χ2v) is 11.9. The lowest BCUT2D eigenvalue weighted by molar-refractivity contribution is 0.00303. The molecule has 2 saturated carbocycles. The maximum Gasteiger partial charge on any atom is 0.426 e. The second-order valence-electron chi connectivity index (χ2n) is 11.9. The largest absolute Gasteiger partial charge is 0.464 e. The Balaban J connectivity index is 1.24. The monoisotopic (exact) mass is 537 g/mol. The molecule has 2 aromatic carbocycles. The minimum atomic E-state index is -1.14. The molecule has 8 heteroatoms. The minimum Gasteiger partial charge on any atom is -0.464 e. The van der Waals surface area contributed by atoms with Gasteiger partial charge in [0.2, 0.25) is 0 Å². The molecule has 1 amide bonds. The molecule has 0 spiro atoms. The standard InChI is InChI=1S/C31H43N3O5/c35-28-26(32-34(31(37)38)19-7-11-22-9-3-1-4-10-22)27(29(28)36)33-18-8-14-25(21-33)30(24-12-5-2-6-13-24)39-20-17-23-15-16-23/h2,5-6,12-13,22-23,25,30,32H,1,3-4,7-11,14-21H2,(H,37,38). The van der Waals surface area contributed by atoms with Gasteiger partial charge in [0.1, 0.15) is 11.4 Å². The molecule has 2 N–H and O–H groups in total. The van der Waals surface area contributed by atoms with Gasteiger partial charge in [-0.3, -0.25) is 15.0 Å². The van der Waals surface area contributed by atoms with Crippen molar-refractivity contribution in [2.24, 2.45) is 17.8 Å². The molecule has 2 atom stereocenters. The van der Waals surface area contributed by atoms with E-state index in [9.17, 15) is 19.5 Å². The van der Waals surface area contributed by atoms with Crippen LogP contribution in [0.25, 0.3) is 0 Å². The fourth-order valence-corrected chi connectivity index (χ4v) is 6.51. The number of hydrazine groups is 1. The number of piperidine rings is 1. The lowest BCUT2D eigenvalue weighted by atomic mass is 9.86. The molecule has 0 bridgehead atoms. The van der Waals surface area contributed by atoms with Crippen molar-refractivity contribution in [1.82, 2.24) is 5.01 Å². The lowest BCUT2D eigenvalue weighted by Crippen LogP contribution is -2.49. The van der Waals surface area contributed by atoms with Crippen molar-refractivity contribution in [2.75, 3.05) is 36.6 Å². The number of rotatable bonds is 13. The zero-order valence-electron chi connectivity index (χ0n) is 23.0. The molecule has 8 nitrogen and oxygen atoms in total. The number of ether oxygens (including phenoxy) is 1. The molecule has 5 rings (SSSR count). The highest BCUT2D eigenvalue weighted by molar-refractivity contribution is 5.77. The van der Waals surface area contributed by atoms with E-state index in [1.54, 1.807) is 0 Å². The number of carboxylic acid groups (broad SMARTS) is 1. The van der Waals surface area contributed by atoms with Crippen LogP contribution >= 0.6 is 0 Å². The molecule has 212 valence electrons. The lowest BCUT2D eigenvalue weighted by Gasteiger charge is -2.39. The molecule has 0 radical (unpaired) electrons. The summed E-state index contributed by atoms with van der Waals surface area (Å²) in [4.78, 5) is 39.3. The van der Waals surface area contributed by atoms with Crippen LogP contribution in [0.3, 0.4) is 0 Å². The Labute approximate surface area is 231 Å². The van der Waals surface area contributed by atoms with Gasteiger partial charge in [0.05, 0.1) is 6.10 Å². The van der Waals surface area contributed by atoms with Crippen LogP contribution < -0.4 is 21.2 Å². The third-order valence-corrected chi connectivity index (χ3v) is 8.93. The highest BCUT2D eigenvalue weighted by atomic mass is 16.5. The molecule has 39 heavy (non-hydrogen) atoms. The molecule has 3 aliphatic rings. The first kappa shape index (κ1) is 27.7. The smallest absolute Gasteiger partial charge is 0.426 e. The first-order valence-electron chi connectivity index (χ1n) is 15.0. The van der Waals surface area contributed by atoms with Crippen molar-refractivity contribution < 1.29 is 14.6 Å². The SMILES string of the molecule is O=C(O)N(CCCC1CCCCC1)Nc1c(N2CCCC(C(OCCC3CC3)c3ccccc3)C2)c(=O)c1=O. The summed E-state index contributed by atoms with van der Waals surface area (Å²) in [5.41, 5.74) is 3.24. The summed E-state index contributed by atoms with van der Waals surface area (Å²) in [6.07, 6.45) is 12.3. The van der Waals surface area contributed by atoms with E-state index in [1.165, 1.54) is 44.9 Å². The van der Waals surface area contributed by atoms with Gasteiger partial charge in [0.25, 0.3) is 10.9 Å². The van der Waals surface area contributed by atoms with E-state index in [1.807, 2.05) is 23.1 Å². The van der Waals surface area contributed by atoms with Crippen LogP contribution in [0, 0.1) is 17.8 Å². The summed E-state index contributed by atoms with van der Waals surface area (Å²) in [6.45, 7) is 2.27. The summed E-state index contributed by atoms with van der Waals surface area (Å²) < 4.78 is 6.47. The van der Waals surface area contributed by atoms with Crippen LogP contribution in [0.15, 0.2) is 39.9 Å². The van der Waals surface area contributed by atoms with Gasteiger partial charge in [-0.1, -0.05) is 75.3 Å². The van der Waals surface area contributed by atoms with Gasteiger partial charge in [0.15, 0.2) is 0 Å². The maximum atomic E-state index is 12.8. The van der Waals surface area contributed by atoms with Crippen molar-refractivity contribution >= 4 is 17.5 Å². The van der Waals surface area contributed by atoms with E-state index in [4.69, 9.17) is 4.74 Å². The number of anilines is 2. The average Bonchev–Trinajstić information content (AvgIpc) is 3.79. The summed E-state index contributed by atoms with van der Waals surface area (Å²) in [5.74, 6) is 1.62. The van der Waals surface area contributed by atoms with E-state index < -0.39 is 17.0 Å². The summed E-state index contributed by atoms with van der Waals surface area (Å²) in [6, 6.07) is 10.3. The maximum absolute atomic E-state index is 12.8. The van der Waals surface area contributed by atoms with Gasteiger partial charge in [-0.25, -0.2) is 9.80 Å². The van der Waals surface area contributed by atoms with E-state index in [0.717, 1.165) is 55.2 Å². The van der Waals surface area contributed by atoms with Crippen molar-refractivity contribution in [3.63, 3.8) is 0 Å². The minimum absolute atomic E-state index is 0.0778. The third-order valence-electron chi connectivity index (χ3n) is 8.93. The first-order valence-corrected chi connectivity index (χ1v) is 15.0. The Kier molecular flexibility index (Phi) is 9.22. The first-order chi connectivity index (χ1) is 19.0. The number of carbonyl (C=O) groups is 1. The molecule has 2 aliphatic carbocycles. The Bertz CT molecular complexity index is 1150. The number of nitrogens with zero attached hydrogens (tertiary/aromatic N) is 2. The fraction of sp³-hybridized carbons (Fsp3) is 0.645. The fourth-order valence-electron chi connectivity index (χ4n) is 6.51. The number of benzene rings is 1. The predicted molar refractivity (Wildman–Crippen MR) is 153 cm³/mol. The molecule has 1 aliphatic heterocycles. The van der Waals surface area contributed by atoms with Crippen LogP contribution in [0.4, 0.5) is 16.2 Å². The summed E-state index contributed by atoms with van der Waals surface area (Å²) in [5, 5.41) is 10.9. The average molecular weight is 538 g/mol. The topological polar surface area (TPSA) is 99.2 Å². The summed E-state index contributed by atoms with van der Waals surface area (Å²) >= 11 is 0. The zero-order chi connectivity index (χ0) is 27.2. The second kappa shape index (κ2) is 13.0. The van der Waals surface area contributed by atoms with Gasteiger partial charge in [0, 0.05) is 32.2 Å². The van der Waals surface area contributed by atoms with E-state index in [2.05, 4.69) is 17.6 Å². The van der Waals surface area contributed by atoms with Crippen molar-refractivity contribution in [3.8, 4) is 0 Å². The Morgan fingerprint density at radius 3 is 2.44 bits per heavy atom. The van der Waals surface area contributed by atoms with Crippen molar-refractivity contribution in [1.29, 1.82) is 0 Å². The molecule has 2 unspecified atom stereocenters. The van der Waals surface area contributed by atoms with E-state index in [-0.39, 0.29) is 24.3 Å². The van der Waals surface area contributed by atoms with E-state index >= 15 is 0 Å². The Hall–Kier alpha value is -2.87. The van der Waals surface area contributed by atoms with Gasteiger partial charge < -0.3 is 14.7 Å². The number of hydrogen-bond donors (Lipinski definition) is 2. The van der Waals surface area contributed by atoms with Crippen molar-refractivity contribution in [2.45, 2.75) is 83.2 Å². The van der Waals surface area contributed by atoms with Crippen LogP contribution in [-0.4, -0.2) is 42.4 Å². The van der Waals surface area contributed by atoms with Crippen LogP contribution in [-0.2, 0) is 4.74 Å². The van der Waals surface area contributed by atoms with Gasteiger partial charge >= 0.3 is 6.09 Å². The molecular formula is C31H43N3O5. The molecule has 1 heterocycles. The molecule has 3 fully saturated rings. The number of hydrogen-bond acceptors (Lipinski definition) is 6. The normalized spacial score (nSPS) is 21.1. The van der Waals surface area contributed by atoms with Crippen LogP contribution in [0.2, 0.25) is 0 Å². The van der Waals surface area contributed by atoms with Crippen LogP contribution in [0.1, 0.15) is 88.7 Å². The Morgan fingerprint density at radius 1 is 0.974 bits per heavy atom. The molecule has 2 aromatic rings. The number of amides is 1. The number of nitrogens with one attached hydrogen (secondary N) is 1. The molecule has 1 saturated heterocycles.